The third-order valence-corrected chi connectivity index (χ3v) is 4.21. The molecule has 8 heteroatoms. The molecule has 0 bridgehead atoms. The number of hydrogen-bond acceptors (Lipinski definition) is 6. The lowest BCUT2D eigenvalue weighted by Gasteiger charge is -2.17. The molecule has 140 valence electrons. The van der Waals surface area contributed by atoms with E-state index in [9.17, 15) is 14.9 Å². The Balaban J connectivity index is 2.04. The van der Waals surface area contributed by atoms with Crippen molar-refractivity contribution in [3.05, 3.63) is 29.5 Å². The van der Waals surface area contributed by atoms with E-state index < -0.39 is 5.91 Å². The van der Waals surface area contributed by atoms with Crippen molar-refractivity contribution in [2.24, 2.45) is 5.73 Å². The number of pyridine rings is 1. The lowest BCUT2D eigenvalue weighted by molar-refractivity contribution is -0.119. The second-order valence-electron chi connectivity index (χ2n) is 6.63. The van der Waals surface area contributed by atoms with E-state index in [4.69, 9.17) is 15.2 Å². The minimum Gasteiger partial charge on any atom is -0.490 e. The first-order valence-corrected chi connectivity index (χ1v) is 8.64. The van der Waals surface area contributed by atoms with E-state index in [1.165, 1.54) is 12.3 Å². The molecule has 1 aromatic heterocycles. The van der Waals surface area contributed by atoms with Crippen molar-refractivity contribution in [3.63, 3.8) is 0 Å². The zero-order chi connectivity index (χ0) is 19.6. The minimum atomic E-state index is -0.649. The summed E-state index contributed by atoms with van der Waals surface area (Å²) in [5.74, 6) is -0.0416. The van der Waals surface area contributed by atoms with E-state index in [2.05, 4.69) is 16.4 Å². The predicted molar refractivity (Wildman–Crippen MR) is 97.4 cm³/mol. The van der Waals surface area contributed by atoms with Crippen LogP contribution >= 0.6 is 0 Å². The Morgan fingerprint density at radius 2 is 2.22 bits per heavy atom. The zero-order valence-electron chi connectivity index (χ0n) is 15.1. The lowest BCUT2D eigenvalue weighted by Crippen LogP contribution is -2.31. The summed E-state index contributed by atoms with van der Waals surface area (Å²) < 4.78 is 11.5. The average Bonchev–Trinajstić information content (AvgIpc) is 3.03. The van der Waals surface area contributed by atoms with Gasteiger partial charge in [0, 0.05) is 23.4 Å². The van der Waals surface area contributed by atoms with Crippen molar-refractivity contribution in [3.8, 4) is 17.7 Å². The molecule has 3 N–H and O–H groups in total. The van der Waals surface area contributed by atoms with Crippen LogP contribution in [0.2, 0.25) is 0 Å². The summed E-state index contributed by atoms with van der Waals surface area (Å²) in [5, 5.41) is 13.2. The van der Waals surface area contributed by atoms with Crippen LogP contribution in [0, 0.1) is 11.3 Å². The van der Waals surface area contributed by atoms with Gasteiger partial charge in [-0.25, -0.2) is 4.98 Å². The maximum absolute atomic E-state index is 11.8. The van der Waals surface area contributed by atoms with Crippen molar-refractivity contribution in [2.45, 2.75) is 38.8 Å². The molecule has 1 aromatic carbocycles. The van der Waals surface area contributed by atoms with Crippen molar-refractivity contribution in [1.82, 2.24) is 10.3 Å². The van der Waals surface area contributed by atoms with Crippen LogP contribution < -0.4 is 20.5 Å². The number of fused-ring (bicyclic) bond motifs is 1. The molecule has 3 rings (SSSR count). The van der Waals surface area contributed by atoms with Crippen LogP contribution in [0.15, 0.2) is 18.3 Å². The van der Waals surface area contributed by atoms with Gasteiger partial charge >= 0.3 is 0 Å². The fourth-order valence-corrected chi connectivity index (χ4v) is 2.97. The van der Waals surface area contributed by atoms with Crippen LogP contribution in [0.5, 0.6) is 11.6 Å². The van der Waals surface area contributed by atoms with Gasteiger partial charge in [0.05, 0.1) is 23.3 Å². The molecule has 0 unspecified atom stereocenters. The fourth-order valence-electron chi connectivity index (χ4n) is 2.97. The summed E-state index contributed by atoms with van der Waals surface area (Å²) in [6, 6.07) is 5.12. The monoisotopic (exact) mass is 368 g/mol. The number of amides is 2. The van der Waals surface area contributed by atoms with E-state index in [1.807, 2.05) is 13.8 Å². The van der Waals surface area contributed by atoms with E-state index in [0.29, 0.717) is 40.8 Å². The normalized spacial score (nSPS) is 16.2. The van der Waals surface area contributed by atoms with Gasteiger partial charge in [-0.3, -0.25) is 9.59 Å². The number of hydrogen-bond donors (Lipinski definition) is 2. The number of primary amides is 1. The third kappa shape index (κ3) is 3.92. The number of benzene rings is 1. The molecule has 0 saturated carbocycles. The van der Waals surface area contributed by atoms with Crippen molar-refractivity contribution in [2.75, 3.05) is 6.61 Å². The van der Waals surface area contributed by atoms with E-state index in [1.54, 1.807) is 6.07 Å². The van der Waals surface area contributed by atoms with Gasteiger partial charge in [0.25, 0.3) is 5.91 Å². The molecule has 2 amide bonds. The molecule has 0 aliphatic carbocycles. The molecular weight excluding hydrogens is 348 g/mol. The summed E-state index contributed by atoms with van der Waals surface area (Å²) >= 11 is 0. The molecule has 2 aromatic rings. The van der Waals surface area contributed by atoms with Gasteiger partial charge in [-0.2, -0.15) is 5.26 Å². The maximum atomic E-state index is 11.8. The fraction of sp³-hybridized carbons (Fsp3) is 0.368. The highest BCUT2D eigenvalue weighted by Gasteiger charge is 2.23. The molecule has 1 fully saturated rings. The molecular formula is C19H20N4O4. The Hall–Kier alpha value is -3.34. The Bertz CT molecular complexity index is 949. The summed E-state index contributed by atoms with van der Waals surface area (Å²) in [7, 11) is 0. The molecule has 0 spiro atoms. The zero-order valence-corrected chi connectivity index (χ0v) is 15.1. The maximum Gasteiger partial charge on any atom is 0.252 e. The Kier molecular flexibility index (Phi) is 5.12. The number of nitrogens with one attached hydrogen (secondary N) is 1. The molecule has 1 atom stereocenters. The number of carbonyl (C=O) groups excluding carboxylic acids is 2. The lowest BCUT2D eigenvalue weighted by atomic mass is 10.0. The molecule has 1 aliphatic heterocycles. The number of ether oxygens (including phenoxy) is 2. The Morgan fingerprint density at radius 3 is 2.81 bits per heavy atom. The first-order chi connectivity index (χ1) is 12.9. The summed E-state index contributed by atoms with van der Waals surface area (Å²) in [4.78, 5) is 27.4. The Morgan fingerprint density at radius 1 is 1.44 bits per heavy atom. The number of aromatic nitrogens is 1. The number of rotatable bonds is 6. The SMILES string of the molecule is CC(C)Oc1cc2c(OC[C@@H]3CCC(=O)N3)ncc(C#N)c2cc1C(N)=O. The predicted octanol–water partition coefficient (Wildman–Crippen LogP) is 1.65. The molecule has 2 heterocycles. The highest BCUT2D eigenvalue weighted by Crippen LogP contribution is 2.33. The Labute approximate surface area is 156 Å². The highest BCUT2D eigenvalue weighted by atomic mass is 16.5. The number of nitrogens with two attached hydrogens (primary N) is 1. The van der Waals surface area contributed by atoms with Crippen LogP contribution in [0.25, 0.3) is 10.8 Å². The van der Waals surface area contributed by atoms with Crippen LogP contribution in [0.3, 0.4) is 0 Å². The third-order valence-electron chi connectivity index (χ3n) is 4.21. The topological polar surface area (TPSA) is 127 Å². The molecule has 1 aliphatic rings. The van der Waals surface area contributed by atoms with Crippen LogP contribution in [-0.4, -0.2) is 35.6 Å². The molecule has 0 radical (unpaired) electrons. The van der Waals surface area contributed by atoms with Gasteiger partial charge in [-0.1, -0.05) is 0 Å². The standard InChI is InChI=1S/C19H20N4O4/c1-10(2)27-16-6-14-13(5-15(16)18(21)25)11(7-20)8-22-19(14)26-9-12-3-4-17(24)23-12/h5-6,8,10,12H,3-4,9H2,1-2H3,(H2,21,25)(H,23,24)/t12-/m0/s1. The van der Waals surface area contributed by atoms with Crippen molar-refractivity contribution < 1.29 is 19.1 Å². The van der Waals surface area contributed by atoms with Gasteiger partial charge in [0.15, 0.2) is 0 Å². The van der Waals surface area contributed by atoms with Crippen molar-refractivity contribution >= 4 is 22.6 Å². The van der Waals surface area contributed by atoms with Gasteiger partial charge in [-0.05, 0) is 32.4 Å². The minimum absolute atomic E-state index is 0.0000321. The summed E-state index contributed by atoms with van der Waals surface area (Å²) in [5.41, 5.74) is 5.96. The van der Waals surface area contributed by atoms with E-state index >= 15 is 0 Å². The molecule has 8 nitrogen and oxygen atoms in total. The van der Waals surface area contributed by atoms with Gasteiger partial charge < -0.3 is 20.5 Å². The number of carbonyl (C=O) groups is 2. The number of nitrogens with zero attached hydrogens (tertiary/aromatic N) is 2. The molecule has 1 saturated heterocycles. The van der Waals surface area contributed by atoms with Crippen LogP contribution in [0.4, 0.5) is 0 Å². The molecule has 27 heavy (non-hydrogen) atoms. The largest absolute Gasteiger partial charge is 0.490 e. The van der Waals surface area contributed by atoms with Crippen LogP contribution in [0.1, 0.15) is 42.6 Å². The summed E-state index contributed by atoms with van der Waals surface area (Å²) in [6.45, 7) is 3.93. The van der Waals surface area contributed by atoms with Gasteiger partial charge in [0.2, 0.25) is 11.8 Å². The second-order valence-corrected chi connectivity index (χ2v) is 6.63. The van der Waals surface area contributed by atoms with Gasteiger partial charge in [-0.15, -0.1) is 0 Å². The van der Waals surface area contributed by atoms with Crippen molar-refractivity contribution in [1.29, 1.82) is 5.26 Å². The smallest absolute Gasteiger partial charge is 0.252 e. The highest BCUT2D eigenvalue weighted by molar-refractivity contribution is 6.03. The van der Waals surface area contributed by atoms with E-state index in [0.717, 1.165) is 0 Å². The first kappa shape index (κ1) is 18.5. The van der Waals surface area contributed by atoms with Crippen LogP contribution in [-0.2, 0) is 4.79 Å². The van der Waals surface area contributed by atoms with Gasteiger partial charge in [0.1, 0.15) is 18.4 Å². The second kappa shape index (κ2) is 7.50. The van der Waals surface area contributed by atoms with E-state index in [-0.39, 0.29) is 30.2 Å². The first-order valence-electron chi connectivity index (χ1n) is 8.64. The summed E-state index contributed by atoms with van der Waals surface area (Å²) in [6.07, 6.45) is 2.38. The number of nitriles is 1. The quantitative estimate of drug-likeness (QED) is 0.798. The average molecular weight is 368 g/mol.